The molecule has 0 saturated heterocycles. The molecule has 0 spiro atoms. The minimum absolute atomic E-state index is 0.0457. The molecule has 2 aromatic heterocycles. The highest BCUT2D eigenvalue weighted by Gasteiger charge is 2.07. The average molecular weight is 291 g/mol. The summed E-state index contributed by atoms with van der Waals surface area (Å²) in [4.78, 5) is 15.5. The second-order valence-corrected chi connectivity index (χ2v) is 5.20. The number of nitrogens with zero attached hydrogens (tertiary/aromatic N) is 2. The number of rotatable bonds is 4. The van der Waals surface area contributed by atoms with Gasteiger partial charge in [0.05, 0.1) is 24.1 Å². The van der Waals surface area contributed by atoms with E-state index in [2.05, 4.69) is 41.3 Å². The quantitative estimate of drug-likeness (QED) is 0.749. The topological polar surface area (TPSA) is 46.4 Å². The summed E-state index contributed by atoms with van der Waals surface area (Å²) in [6.07, 6.45) is 6.96. The van der Waals surface area contributed by atoms with Gasteiger partial charge in [-0.2, -0.15) is 0 Å². The lowest BCUT2D eigenvalue weighted by molar-refractivity contribution is -0.117. The highest BCUT2D eigenvalue weighted by Crippen LogP contribution is 2.22. The molecule has 1 N–H and O–H groups in total. The van der Waals surface area contributed by atoms with E-state index >= 15 is 0 Å². The Morgan fingerprint density at radius 1 is 1.23 bits per heavy atom. The number of fused-ring (bicyclic) bond motifs is 1. The predicted molar refractivity (Wildman–Crippen MR) is 87.4 cm³/mol. The monoisotopic (exact) mass is 291 g/mol. The Hall–Kier alpha value is -2.88. The minimum atomic E-state index is -0.165. The molecule has 1 aromatic carbocycles. The third kappa shape index (κ3) is 2.76. The first kappa shape index (κ1) is 14.1. The Balaban J connectivity index is 1.84. The Bertz CT molecular complexity index is 818. The van der Waals surface area contributed by atoms with Gasteiger partial charge in [0, 0.05) is 6.20 Å². The SMILES string of the molecule is C=CC(=O)N[C@H](C)c1ccc(-c2ccc3cncn3c2)cc1. The van der Waals surface area contributed by atoms with Crippen LogP contribution >= 0.6 is 0 Å². The van der Waals surface area contributed by atoms with Gasteiger partial charge in [0.2, 0.25) is 5.91 Å². The van der Waals surface area contributed by atoms with Gasteiger partial charge in [-0.25, -0.2) is 4.98 Å². The van der Waals surface area contributed by atoms with E-state index in [0.717, 1.165) is 22.2 Å². The maximum absolute atomic E-state index is 11.3. The van der Waals surface area contributed by atoms with E-state index in [0.29, 0.717) is 0 Å². The van der Waals surface area contributed by atoms with Gasteiger partial charge in [0.15, 0.2) is 0 Å². The third-order valence-electron chi connectivity index (χ3n) is 3.70. The molecule has 3 rings (SSSR count). The normalized spacial score (nSPS) is 12.0. The molecule has 0 aliphatic rings. The molecule has 22 heavy (non-hydrogen) atoms. The molecule has 3 aromatic rings. The smallest absolute Gasteiger partial charge is 0.243 e. The van der Waals surface area contributed by atoms with E-state index in [-0.39, 0.29) is 11.9 Å². The molecular formula is C18H17N3O. The lowest BCUT2D eigenvalue weighted by atomic mass is 10.0. The number of nitrogens with one attached hydrogen (secondary N) is 1. The van der Waals surface area contributed by atoms with Gasteiger partial charge in [0.1, 0.15) is 0 Å². The maximum Gasteiger partial charge on any atom is 0.243 e. The Morgan fingerprint density at radius 2 is 1.95 bits per heavy atom. The van der Waals surface area contributed by atoms with Crippen molar-refractivity contribution in [2.45, 2.75) is 13.0 Å². The van der Waals surface area contributed by atoms with Gasteiger partial charge in [-0.05, 0) is 35.8 Å². The first-order valence-corrected chi connectivity index (χ1v) is 7.12. The summed E-state index contributed by atoms with van der Waals surface area (Å²) in [5.41, 5.74) is 4.38. The summed E-state index contributed by atoms with van der Waals surface area (Å²) in [6, 6.07) is 12.3. The number of hydrogen-bond donors (Lipinski definition) is 1. The number of hydrogen-bond acceptors (Lipinski definition) is 2. The van der Waals surface area contributed by atoms with Crippen LogP contribution in [0.5, 0.6) is 0 Å². The minimum Gasteiger partial charge on any atom is -0.346 e. The Kier molecular flexibility index (Phi) is 3.74. The van der Waals surface area contributed by atoms with Crippen LogP contribution in [0.15, 0.2) is 67.8 Å². The van der Waals surface area contributed by atoms with Crippen molar-refractivity contribution in [3.63, 3.8) is 0 Å². The van der Waals surface area contributed by atoms with E-state index in [4.69, 9.17) is 0 Å². The van der Waals surface area contributed by atoms with Crippen molar-refractivity contribution >= 4 is 11.4 Å². The van der Waals surface area contributed by atoms with Crippen LogP contribution in [0, 0.1) is 0 Å². The van der Waals surface area contributed by atoms with Crippen LogP contribution in [0.3, 0.4) is 0 Å². The van der Waals surface area contributed by atoms with E-state index in [1.54, 1.807) is 6.33 Å². The van der Waals surface area contributed by atoms with Gasteiger partial charge < -0.3 is 9.72 Å². The number of amides is 1. The van der Waals surface area contributed by atoms with E-state index in [9.17, 15) is 4.79 Å². The number of aromatic nitrogens is 2. The van der Waals surface area contributed by atoms with Crippen LogP contribution in [0.4, 0.5) is 0 Å². The fraction of sp³-hybridized carbons (Fsp3) is 0.111. The van der Waals surface area contributed by atoms with Gasteiger partial charge in [0.25, 0.3) is 0 Å². The molecule has 4 nitrogen and oxygen atoms in total. The third-order valence-corrected chi connectivity index (χ3v) is 3.70. The van der Waals surface area contributed by atoms with Gasteiger partial charge >= 0.3 is 0 Å². The zero-order valence-electron chi connectivity index (χ0n) is 12.4. The Labute approximate surface area is 129 Å². The average Bonchev–Trinajstić information content (AvgIpc) is 3.02. The van der Waals surface area contributed by atoms with Crippen molar-refractivity contribution in [3.05, 3.63) is 73.3 Å². The molecule has 0 unspecified atom stereocenters. The summed E-state index contributed by atoms with van der Waals surface area (Å²) in [5, 5.41) is 2.86. The molecule has 0 fully saturated rings. The van der Waals surface area contributed by atoms with Crippen molar-refractivity contribution in [2.75, 3.05) is 0 Å². The number of carbonyl (C=O) groups is 1. The van der Waals surface area contributed by atoms with Crippen LogP contribution in [0.1, 0.15) is 18.5 Å². The zero-order chi connectivity index (χ0) is 15.5. The van der Waals surface area contributed by atoms with Crippen LogP contribution in [-0.2, 0) is 4.79 Å². The summed E-state index contributed by atoms with van der Waals surface area (Å²) >= 11 is 0. The number of pyridine rings is 1. The molecule has 110 valence electrons. The van der Waals surface area contributed by atoms with Crippen molar-refractivity contribution in [2.24, 2.45) is 0 Å². The van der Waals surface area contributed by atoms with Gasteiger partial charge in [-0.3, -0.25) is 4.79 Å². The van der Waals surface area contributed by atoms with Crippen molar-refractivity contribution in [3.8, 4) is 11.1 Å². The molecule has 1 atom stereocenters. The van der Waals surface area contributed by atoms with Crippen LogP contribution in [0.2, 0.25) is 0 Å². The molecule has 2 heterocycles. The van der Waals surface area contributed by atoms with Crippen molar-refractivity contribution in [1.82, 2.24) is 14.7 Å². The van der Waals surface area contributed by atoms with Crippen LogP contribution in [0.25, 0.3) is 16.6 Å². The molecule has 0 aliphatic heterocycles. The number of carbonyl (C=O) groups excluding carboxylic acids is 1. The lowest BCUT2D eigenvalue weighted by Crippen LogP contribution is -2.24. The fourth-order valence-electron chi connectivity index (χ4n) is 2.41. The van der Waals surface area contributed by atoms with Crippen molar-refractivity contribution < 1.29 is 4.79 Å². The molecule has 0 saturated carbocycles. The van der Waals surface area contributed by atoms with E-state index in [1.165, 1.54) is 6.08 Å². The summed E-state index contributed by atoms with van der Waals surface area (Å²) in [6.45, 7) is 5.41. The number of imidazole rings is 1. The van der Waals surface area contributed by atoms with Gasteiger partial charge in [-0.15, -0.1) is 0 Å². The predicted octanol–water partition coefficient (Wildman–Crippen LogP) is 3.36. The number of benzene rings is 1. The summed E-state index contributed by atoms with van der Waals surface area (Å²) in [5.74, 6) is -0.165. The molecule has 1 amide bonds. The largest absolute Gasteiger partial charge is 0.346 e. The molecular weight excluding hydrogens is 274 g/mol. The van der Waals surface area contributed by atoms with Crippen LogP contribution in [-0.4, -0.2) is 15.3 Å². The second kappa shape index (κ2) is 5.85. The molecule has 4 heteroatoms. The highest BCUT2D eigenvalue weighted by atomic mass is 16.1. The molecule has 0 radical (unpaired) electrons. The van der Waals surface area contributed by atoms with Gasteiger partial charge in [-0.1, -0.05) is 36.9 Å². The Morgan fingerprint density at radius 3 is 2.68 bits per heavy atom. The molecule has 0 aliphatic carbocycles. The summed E-state index contributed by atoms with van der Waals surface area (Å²) < 4.78 is 2.00. The first-order chi connectivity index (χ1) is 10.7. The van der Waals surface area contributed by atoms with Crippen LogP contribution < -0.4 is 5.32 Å². The standard InChI is InChI=1S/C18H17N3O/c1-3-18(22)20-13(2)14-4-6-15(7-5-14)16-8-9-17-10-19-12-21(17)11-16/h3-13H,1H2,2H3,(H,20,22)/t13-/m1/s1. The van der Waals surface area contributed by atoms with Crippen molar-refractivity contribution in [1.29, 1.82) is 0 Å². The second-order valence-electron chi connectivity index (χ2n) is 5.20. The first-order valence-electron chi connectivity index (χ1n) is 7.12. The highest BCUT2D eigenvalue weighted by molar-refractivity contribution is 5.87. The van der Waals surface area contributed by atoms with E-state index in [1.807, 2.05) is 35.7 Å². The maximum atomic E-state index is 11.3. The zero-order valence-corrected chi connectivity index (χ0v) is 12.4. The fourth-order valence-corrected chi connectivity index (χ4v) is 2.41. The van der Waals surface area contributed by atoms with E-state index < -0.39 is 0 Å². The lowest BCUT2D eigenvalue weighted by Gasteiger charge is -2.13. The molecule has 0 bridgehead atoms. The summed E-state index contributed by atoms with van der Waals surface area (Å²) in [7, 11) is 0.